The number of nitrogens with zero attached hydrogens (tertiary/aromatic N) is 4. The fourth-order valence-electron chi connectivity index (χ4n) is 3.08. The van der Waals surface area contributed by atoms with Gasteiger partial charge in [0, 0.05) is 46.0 Å². The van der Waals surface area contributed by atoms with E-state index in [0.717, 1.165) is 18.8 Å². The molecule has 2 aliphatic heterocycles. The lowest BCUT2D eigenvalue weighted by Crippen LogP contribution is -2.60. The largest absolute Gasteiger partial charge is 0.378 e. The normalized spacial score (nSPS) is 27.1. The zero-order valence-corrected chi connectivity index (χ0v) is 13.3. The lowest BCUT2D eigenvalue weighted by molar-refractivity contribution is -0.171. The highest BCUT2D eigenvalue weighted by Gasteiger charge is 2.42. The quantitative estimate of drug-likeness (QED) is 0.778. The van der Waals surface area contributed by atoms with Gasteiger partial charge in [-0.3, -0.25) is 9.69 Å². The zero-order valence-electron chi connectivity index (χ0n) is 13.3. The van der Waals surface area contributed by atoms with Crippen molar-refractivity contribution in [1.82, 2.24) is 19.4 Å². The van der Waals surface area contributed by atoms with Crippen LogP contribution in [0.4, 0.5) is 0 Å². The Balaban J connectivity index is 1.65. The van der Waals surface area contributed by atoms with E-state index in [-0.39, 0.29) is 5.91 Å². The van der Waals surface area contributed by atoms with Crippen molar-refractivity contribution in [1.29, 1.82) is 0 Å². The molecule has 22 heavy (non-hydrogen) atoms. The summed E-state index contributed by atoms with van der Waals surface area (Å²) >= 11 is 0. The maximum Gasteiger partial charge on any atom is 0.256 e. The number of imidazole rings is 1. The monoisotopic (exact) mass is 308 g/mol. The number of ether oxygens (including phenoxy) is 2. The van der Waals surface area contributed by atoms with E-state index in [1.807, 2.05) is 29.6 Å². The number of amides is 1. The van der Waals surface area contributed by atoms with E-state index in [1.54, 1.807) is 6.33 Å². The van der Waals surface area contributed by atoms with E-state index in [0.29, 0.717) is 39.5 Å². The lowest BCUT2D eigenvalue weighted by atomic mass is 10.0. The van der Waals surface area contributed by atoms with Crippen LogP contribution in [0, 0.1) is 0 Å². The third-order valence-corrected chi connectivity index (χ3v) is 4.41. The molecule has 2 fully saturated rings. The molecule has 7 nitrogen and oxygen atoms in total. The molecule has 7 heteroatoms. The van der Waals surface area contributed by atoms with Crippen molar-refractivity contribution in [2.24, 2.45) is 7.05 Å². The average molecular weight is 308 g/mol. The second-order valence-electron chi connectivity index (χ2n) is 6.19. The molecule has 0 N–H and O–H groups in total. The minimum absolute atomic E-state index is 0.0745. The van der Waals surface area contributed by atoms with Gasteiger partial charge in [-0.2, -0.15) is 0 Å². The molecule has 2 aliphatic rings. The van der Waals surface area contributed by atoms with E-state index in [1.165, 1.54) is 0 Å². The van der Waals surface area contributed by atoms with Crippen molar-refractivity contribution >= 4 is 5.91 Å². The van der Waals surface area contributed by atoms with Crippen LogP contribution in [0.1, 0.15) is 12.6 Å². The van der Waals surface area contributed by atoms with Crippen LogP contribution in [0.5, 0.6) is 0 Å². The summed E-state index contributed by atoms with van der Waals surface area (Å²) in [4.78, 5) is 21.1. The molecule has 122 valence electrons. The van der Waals surface area contributed by atoms with Gasteiger partial charge in [0.15, 0.2) is 5.60 Å². The lowest BCUT2D eigenvalue weighted by Gasteiger charge is -2.42. The molecule has 1 aromatic rings. The molecule has 1 atom stereocenters. The molecule has 3 heterocycles. The fraction of sp³-hybridized carbons (Fsp3) is 0.733. The number of carbonyl (C=O) groups is 1. The van der Waals surface area contributed by atoms with E-state index >= 15 is 0 Å². The molecule has 1 amide bonds. The number of rotatable bonds is 3. The summed E-state index contributed by atoms with van der Waals surface area (Å²) in [6, 6.07) is 0. The Hall–Kier alpha value is -1.44. The number of hydrogen-bond acceptors (Lipinski definition) is 5. The van der Waals surface area contributed by atoms with Gasteiger partial charge in [0.05, 0.1) is 31.8 Å². The number of aryl methyl sites for hydroxylation is 1. The van der Waals surface area contributed by atoms with Crippen LogP contribution in [0.2, 0.25) is 0 Å². The van der Waals surface area contributed by atoms with Crippen LogP contribution in [-0.4, -0.2) is 76.9 Å². The first-order chi connectivity index (χ1) is 10.6. The Morgan fingerprint density at radius 3 is 2.77 bits per heavy atom. The van der Waals surface area contributed by atoms with Gasteiger partial charge in [-0.15, -0.1) is 0 Å². The van der Waals surface area contributed by atoms with Gasteiger partial charge >= 0.3 is 0 Å². The van der Waals surface area contributed by atoms with Crippen molar-refractivity contribution < 1.29 is 14.3 Å². The SMILES string of the molecule is Cn1cncc1CN1CCOC(C)(C(=O)N2CCOCC2)C1. The maximum atomic E-state index is 12.8. The molecule has 0 aromatic carbocycles. The van der Waals surface area contributed by atoms with Gasteiger partial charge in [0.2, 0.25) is 0 Å². The first-order valence-electron chi connectivity index (χ1n) is 7.77. The molecule has 0 radical (unpaired) electrons. The summed E-state index contributed by atoms with van der Waals surface area (Å²) < 4.78 is 13.2. The highest BCUT2D eigenvalue weighted by molar-refractivity contribution is 5.85. The van der Waals surface area contributed by atoms with Gasteiger partial charge in [-0.1, -0.05) is 0 Å². The van der Waals surface area contributed by atoms with Crippen LogP contribution in [-0.2, 0) is 27.9 Å². The smallest absolute Gasteiger partial charge is 0.256 e. The Morgan fingerprint density at radius 2 is 2.09 bits per heavy atom. The molecular weight excluding hydrogens is 284 g/mol. The van der Waals surface area contributed by atoms with E-state index in [2.05, 4.69) is 9.88 Å². The van der Waals surface area contributed by atoms with Crippen molar-refractivity contribution in [3.63, 3.8) is 0 Å². The maximum absolute atomic E-state index is 12.8. The number of hydrogen-bond donors (Lipinski definition) is 0. The van der Waals surface area contributed by atoms with Crippen molar-refractivity contribution in [2.75, 3.05) is 46.0 Å². The molecule has 0 saturated carbocycles. The van der Waals surface area contributed by atoms with Gasteiger partial charge in [0.25, 0.3) is 5.91 Å². The molecule has 2 saturated heterocycles. The topological polar surface area (TPSA) is 59.8 Å². The van der Waals surface area contributed by atoms with Crippen molar-refractivity contribution in [3.05, 3.63) is 18.2 Å². The fourth-order valence-corrected chi connectivity index (χ4v) is 3.08. The van der Waals surface area contributed by atoms with Gasteiger partial charge in [-0.25, -0.2) is 4.98 Å². The standard InChI is InChI=1S/C15H24N4O3/c1-15(14(20)19-4-6-21-7-5-19)11-18(3-8-22-15)10-13-9-16-12-17(13)2/h9,12H,3-8,10-11H2,1-2H3. The molecule has 1 unspecified atom stereocenters. The highest BCUT2D eigenvalue weighted by atomic mass is 16.5. The van der Waals surface area contributed by atoms with Crippen molar-refractivity contribution in [2.45, 2.75) is 19.1 Å². The minimum Gasteiger partial charge on any atom is -0.378 e. The van der Waals surface area contributed by atoms with Crippen LogP contribution in [0.25, 0.3) is 0 Å². The minimum atomic E-state index is -0.770. The predicted octanol–water partition coefficient (Wildman–Crippen LogP) is -0.130. The summed E-state index contributed by atoms with van der Waals surface area (Å²) in [5.74, 6) is 0.0745. The molecule has 3 rings (SSSR count). The zero-order chi connectivity index (χ0) is 15.6. The van der Waals surface area contributed by atoms with Crippen LogP contribution in [0.3, 0.4) is 0 Å². The summed E-state index contributed by atoms with van der Waals surface area (Å²) in [5.41, 5.74) is 0.372. The summed E-state index contributed by atoms with van der Waals surface area (Å²) in [5, 5.41) is 0. The van der Waals surface area contributed by atoms with Gasteiger partial charge in [-0.05, 0) is 6.92 Å². The summed E-state index contributed by atoms with van der Waals surface area (Å²) in [7, 11) is 1.99. The highest BCUT2D eigenvalue weighted by Crippen LogP contribution is 2.22. The summed E-state index contributed by atoms with van der Waals surface area (Å²) in [6.45, 7) is 7.22. The van der Waals surface area contributed by atoms with Crippen molar-refractivity contribution in [3.8, 4) is 0 Å². The van der Waals surface area contributed by atoms with Crippen LogP contribution < -0.4 is 0 Å². The predicted molar refractivity (Wildman–Crippen MR) is 80.2 cm³/mol. The Morgan fingerprint density at radius 1 is 1.32 bits per heavy atom. The Bertz CT molecular complexity index is 527. The second kappa shape index (κ2) is 6.36. The second-order valence-corrected chi connectivity index (χ2v) is 6.19. The van der Waals surface area contributed by atoms with E-state index in [4.69, 9.17) is 9.47 Å². The average Bonchev–Trinajstić information content (AvgIpc) is 2.93. The van der Waals surface area contributed by atoms with E-state index < -0.39 is 5.60 Å². The Labute approximate surface area is 130 Å². The molecule has 0 aliphatic carbocycles. The summed E-state index contributed by atoms with van der Waals surface area (Å²) in [6.07, 6.45) is 3.67. The molecular formula is C15H24N4O3. The number of aromatic nitrogens is 2. The third-order valence-electron chi connectivity index (χ3n) is 4.41. The molecule has 0 bridgehead atoms. The van der Waals surface area contributed by atoms with Crippen LogP contribution in [0.15, 0.2) is 12.5 Å². The molecule has 1 aromatic heterocycles. The Kier molecular flexibility index (Phi) is 4.46. The van der Waals surface area contributed by atoms with Crippen LogP contribution >= 0.6 is 0 Å². The first kappa shape index (κ1) is 15.5. The van der Waals surface area contributed by atoms with Gasteiger partial charge in [0.1, 0.15) is 0 Å². The first-order valence-corrected chi connectivity index (χ1v) is 7.77. The third kappa shape index (κ3) is 3.16. The number of carbonyl (C=O) groups excluding carboxylic acids is 1. The van der Waals surface area contributed by atoms with Gasteiger partial charge < -0.3 is 18.9 Å². The molecule has 0 spiro atoms. The van der Waals surface area contributed by atoms with E-state index in [9.17, 15) is 4.79 Å². The number of morpholine rings is 2.